The van der Waals surface area contributed by atoms with Crippen LogP contribution in [-0.4, -0.2) is 35.3 Å². The Kier molecular flexibility index (Phi) is 4.81. The predicted molar refractivity (Wildman–Crippen MR) is 79.3 cm³/mol. The van der Waals surface area contributed by atoms with Crippen LogP contribution in [0.2, 0.25) is 0 Å². The Balaban J connectivity index is 2.13. The van der Waals surface area contributed by atoms with E-state index < -0.39 is 0 Å². The van der Waals surface area contributed by atoms with Gasteiger partial charge in [-0.05, 0) is 13.8 Å². The van der Waals surface area contributed by atoms with Crippen molar-refractivity contribution in [2.24, 2.45) is 0 Å². The van der Waals surface area contributed by atoms with Crippen LogP contribution in [0.5, 0.6) is 5.88 Å². The highest BCUT2D eigenvalue weighted by Gasteiger charge is 2.26. The zero-order chi connectivity index (χ0) is 14.7. The minimum absolute atomic E-state index is 0.161. The maximum Gasteiger partial charge on any atom is 0.219 e. The van der Waals surface area contributed by atoms with Crippen LogP contribution in [0.25, 0.3) is 0 Å². The summed E-state index contributed by atoms with van der Waals surface area (Å²) in [5.41, 5.74) is 0. The van der Waals surface area contributed by atoms with Gasteiger partial charge >= 0.3 is 0 Å². The molecule has 1 aliphatic rings. The molecule has 1 aliphatic heterocycles. The third-order valence-corrected chi connectivity index (χ3v) is 3.43. The van der Waals surface area contributed by atoms with Gasteiger partial charge in [0.2, 0.25) is 5.88 Å². The van der Waals surface area contributed by atoms with E-state index in [1.165, 1.54) is 0 Å². The average molecular weight is 279 g/mol. The van der Waals surface area contributed by atoms with Crippen molar-refractivity contribution in [1.29, 1.82) is 0 Å². The molecule has 1 N–H and O–H groups in total. The molecule has 0 aromatic carbocycles. The second-order valence-electron chi connectivity index (χ2n) is 5.82. The minimum atomic E-state index is 0.161. The molecule has 5 nitrogen and oxygen atoms in total. The fourth-order valence-electron chi connectivity index (χ4n) is 2.50. The van der Waals surface area contributed by atoms with E-state index in [1.54, 1.807) is 0 Å². The van der Waals surface area contributed by atoms with Crippen molar-refractivity contribution < 1.29 is 9.47 Å². The lowest BCUT2D eigenvalue weighted by atomic mass is 10.0. The van der Waals surface area contributed by atoms with Crippen molar-refractivity contribution in [1.82, 2.24) is 9.97 Å². The molecule has 2 rings (SSSR count). The molecule has 0 spiro atoms. The quantitative estimate of drug-likeness (QED) is 0.918. The molecule has 2 unspecified atom stereocenters. The summed E-state index contributed by atoms with van der Waals surface area (Å²) in [5.74, 6) is 2.53. The number of hydrogen-bond acceptors (Lipinski definition) is 5. The van der Waals surface area contributed by atoms with E-state index in [9.17, 15) is 0 Å². The van der Waals surface area contributed by atoms with Crippen molar-refractivity contribution in [3.63, 3.8) is 0 Å². The van der Waals surface area contributed by atoms with Crippen LogP contribution in [-0.2, 0) is 4.74 Å². The molecule has 0 aliphatic carbocycles. The fourth-order valence-corrected chi connectivity index (χ4v) is 2.50. The van der Waals surface area contributed by atoms with Crippen LogP contribution < -0.4 is 10.1 Å². The Morgan fingerprint density at radius 3 is 2.45 bits per heavy atom. The van der Waals surface area contributed by atoms with Gasteiger partial charge in [0.25, 0.3) is 0 Å². The van der Waals surface area contributed by atoms with Crippen LogP contribution in [0, 0.1) is 0 Å². The van der Waals surface area contributed by atoms with Crippen molar-refractivity contribution in [3.8, 4) is 5.88 Å². The number of anilines is 1. The molecule has 0 radical (unpaired) electrons. The van der Waals surface area contributed by atoms with E-state index in [4.69, 9.17) is 9.47 Å². The first-order valence-electron chi connectivity index (χ1n) is 7.36. The number of nitrogens with zero attached hydrogens (tertiary/aromatic N) is 2. The second kappa shape index (κ2) is 6.39. The Hall–Kier alpha value is -1.36. The summed E-state index contributed by atoms with van der Waals surface area (Å²) in [7, 11) is 1.86. The highest BCUT2D eigenvalue weighted by molar-refractivity contribution is 5.38. The van der Waals surface area contributed by atoms with E-state index in [0.29, 0.717) is 5.88 Å². The summed E-state index contributed by atoms with van der Waals surface area (Å²) >= 11 is 0. The van der Waals surface area contributed by atoms with Gasteiger partial charge in [-0.2, -0.15) is 4.98 Å². The van der Waals surface area contributed by atoms with Crippen LogP contribution in [0.4, 0.5) is 5.82 Å². The van der Waals surface area contributed by atoms with Gasteiger partial charge in [0.1, 0.15) is 17.7 Å². The number of aromatic nitrogens is 2. The zero-order valence-electron chi connectivity index (χ0n) is 13.0. The first-order chi connectivity index (χ1) is 9.47. The summed E-state index contributed by atoms with van der Waals surface area (Å²) in [6, 6.07) is 1.86. The summed E-state index contributed by atoms with van der Waals surface area (Å²) in [4.78, 5) is 8.96. The molecule has 0 bridgehead atoms. The maximum absolute atomic E-state index is 6.06. The lowest BCUT2D eigenvalue weighted by Gasteiger charge is -2.32. The molecule has 0 amide bonds. The van der Waals surface area contributed by atoms with Crippen molar-refractivity contribution in [2.75, 3.05) is 12.4 Å². The van der Waals surface area contributed by atoms with Gasteiger partial charge in [0, 0.05) is 31.9 Å². The van der Waals surface area contributed by atoms with E-state index in [-0.39, 0.29) is 24.2 Å². The lowest BCUT2D eigenvalue weighted by molar-refractivity contribution is -0.0730. The summed E-state index contributed by atoms with van der Waals surface area (Å²) in [5, 5.41) is 3.06. The molecular weight excluding hydrogens is 254 g/mol. The molecule has 1 saturated heterocycles. The SMILES string of the molecule is CNc1cc(OC2CC(C)OC(C)C2)nc(C(C)C)n1. The molecule has 1 fully saturated rings. The lowest BCUT2D eigenvalue weighted by Crippen LogP contribution is -2.35. The third-order valence-electron chi connectivity index (χ3n) is 3.43. The molecule has 1 aromatic heterocycles. The van der Waals surface area contributed by atoms with Gasteiger partial charge in [-0.25, -0.2) is 4.98 Å². The predicted octanol–water partition coefficient (Wildman–Crippen LogP) is 2.98. The normalized spacial score (nSPS) is 26.6. The molecule has 112 valence electrons. The maximum atomic E-state index is 6.06. The van der Waals surface area contributed by atoms with Crippen LogP contribution >= 0.6 is 0 Å². The summed E-state index contributed by atoms with van der Waals surface area (Å²) in [6.45, 7) is 8.34. The van der Waals surface area contributed by atoms with Crippen LogP contribution in [0.3, 0.4) is 0 Å². The highest BCUT2D eigenvalue weighted by atomic mass is 16.5. The van der Waals surface area contributed by atoms with Crippen molar-refractivity contribution in [2.45, 2.75) is 64.8 Å². The first kappa shape index (κ1) is 15.0. The molecular formula is C15H25N3O2. The van der Waals surface area contributed by atoms with Gasteiger partial charge in [-0.3, -0.25) is 0 Å². The number of nitrogens with one attached hydrogen (secondary N) is 1. The third kappa shape index (κ3) is 3.82. The van der Waals surface area contributed by atoms with Gasteiger partial charge < -0.3 is 14.8 Å². The van der Waals surface area contributed by atoms with Crippen molar-refractivity contribution in [3.05, 3.63) is 11.9 Å². The molecule has 0 saturated carbocycles. The Morgan fingerprint density at radius 1 is 1.25 bits per heavy atom. The minimum Gasteiger partial charge on any atom is -0.474 e. The molecule has 5 heteroatoms. The number of rotatable bonds is 4. The van der Waals surface area contributed by atoms with Crippen molar-refractivity contribution >= 4 is 5.82 Å². The van der Waals surface area contributed by atoms with E-state index in [2.05, 4.69) is 43.0 Å². The Morgan fingerprint density at radius 2 is 1.90 bits per heavy atom. The fraction of sp³-hybridized carbons (Fsp3) is 0.733. The van der Waals surface area contributed by atoms with Gasteiger partial charge in [-0.1, -0.05) is 13.8 Å². The standard InChI is InChI=1S/C15H25N3O2/c1-9(2)15-17-13(16-5)8-14(18-15)20-12-6-10(3)19-11(4)7-12/h8-12H,6-7H2,1-5H3,(H,16,17,18). The smallest absolute Gasteiger partial charge is 0.219 e. The zero-order valence-corrected chi connectivity index (χ0v) is 13.0. The van der Waals surface area contributed by atoms with E-state index in [1.807, 2.05) is 13.1 Å². The largest absolute Gasteiger partial charge is 0.474 e. The number of hydrogen-bond donors (Lipinski definition) is 1. The first-order valence-corrected chi connectivity index (χ1v) is 7.36. The summed E-state index contributed by atoms with van der Waals surface area (Å²) < 4.78 is 11.8. The average Bonchev–Trinajstić information content (AvgIpc) is 2.36. The van der Waals surface area contributed by atoms with Crippen LogP contribution in [0.1, 0.15) is 52.3 Å². The molecule has 2 atom stereocenters. The Labute approximate surface area is 121 Å². The highest BCUT2D eigenvalue weighted by Crippen LogP contribution is 2.25. The van der Waals surface area contributed by atoms with Gasteiger partial charge in [0.05, 0.1) is 12.2 Å². The van der Waals surface area contributed by atoms with Gasteiger partial charge in [-0.15, -0.1) is 0 Å². The van der Waals surface area contributed by atoms with Gasteiger partial charge in [0.15, 0.2) is 0 Å². The van der Waals surface area contributed by atoms with E-state index >= 15 is 0 Å². The number of ether oxygens (including phenoxy) is 2. The Bertz CT molecular complexity index is 441. The topological polar surface area (TPSA) is 56.3 Å². The molecule has 1 aromatic rings. The van der Waals surface area contributed by atoms with E-state index in [0.717, 1.165) is 24.5 Å². The monoisotopic (exact) mass is 279 g/mol. The summed E-state index contributed by atoms with van der Waals surface area (Å²) in [6.07, 6.45) is 2.44. The van der Waals surface area contributed by atoms with Crippen LogP contribution in [0.15, 0.2) is 6.07 Å². The molecule has 2 heterocycles. The second-order valence-corrected chi connectivity index (χ2v) is 5.82. The molecule has 20 heavy (non-hydrogen) atoms.